The lowest BCUT2D eigenvalue weighted by Gasteiger charge is -2.40. The van der Waals surface area contributed by atoms with Crippen LogP contribution in [0.3, 0.4) is 0 Å². The van der Waals surface area contributed by atoms with E-state index in [-0.39, 0.29) is 11.5 Å². The van der Waals surface area contributed by atoms with E-state index < -0.39 is 5.60 Å². The van der Waals surface area contributed by atoms with Gasteiger partial charge in [-0.3, -0.25) is 0 Å². The fourth-order valence-corrected chi connectivity index (χ4v) is 6.53. The van der Waals surface area contributed by atoms with E-state index in [1.807, 2.05) is 31.7 Å². The average Bonchev–Trinajstić information content (AvgIpc) is 3.29. The SMILES string of the molecule is C[C@@H]1CCc2ncnc(N3CC4(CCN(C(=O)OC(C)(C)C)CC4)c4c3ccc(Cl)c4Br)c21. The van der Waals surface area contributed by atoms with E-state index in [0.717, 1.165) is 48.2 Å². The maximum Gasteiger partial charge on any atom is 0.410 e. The van der Waals surface area contributed by atoms with Gasteiger partial charge in [0.25, 0.3) is 0 Å². The molecule has 0 N–H and O–H groups in total. The van der Waals surface area contributed by atoms with Gasteiger partial charge in [0.2, 0.25) is 0 Å². The summed E-state index contributed by atoms with van der Waals surface area (Å²) in [7, 11) is 0. The number of nitrogens with zero attached hydrogens (tertiary/aromatic N) is 4. The second-order valence-electron chi connectivity index (χ2n) is 10.6. The van der Waals surface area contributed by atoms with Crippen LogP contribution in [-0.4, -0.2) is 46.2 Å². The number of aromatic nitrogens is 2. The Morgan fingerprint density at radius 2 is 1.97 bits per heavy atom. The smallest absolute Gasteiger partial charge is 0.410 e. The van der Waals surface area contributed by atoms with E-state index in [9.17, 15) is 4.79 Å². The summed E-state index contributed by atoms with van der Waals surface area (Å²) in [5.41, 5.74) is 4.22. The first kappa shape index (κ1) is 22.9. The molecule has 1 amide bonds. The van der Waals surface area contributed by atoms with Crippen LogP contribution in [0.1, 0.15) is 69.7 Å². The van der Waals surface area contributed by atoms with Crippen molar-refractivity contribution >= 4 is 45.1 Å². The van der Waals surface area contributed by atoms with Crippen molar-refractivity contribution in [2.24, 2.45) is 0 Å². The van der Waals surface area contributed by atoms with E-state index in [2.05, 4.69) is 38.8 Å². The van der Waals surface area contributed by atoms with Crippen LogP contribution in [0.4, 0.5) is 16.3 Å². The Kier molecular flexibility index (Phi) is 5.64. The summed E-state index contributed by atoms with van der Waals surface area (Å²) in [6, 6.07) is 4.07. The molecule has 0 saturated carbocycles. The number of carbonyl (C=O) groups excluding carboxylic acids is 1. The molecule has 8 heteroatoms. The zero-order chi connectivity index (χ0) is 23.5. The molecule has 3 aliphatic rings. The zero-order valence-electron chi connectivity index (χ0n) is 19.6. The minimum absolute atomic E-state index is 0.114. The van der Waals surface area contributed by atoms with Crippen molar-refractivity contribution in [1.29, 1.82) is 0 Å². The summed E-state index contributed by atoms with van der Waals surface area (Å²) in [5.74, 6) is 1.47. The number of amides is 1. The molecule has 1 atom stereocenters. The lowest BCUT2D eigenvalue weighted by Crippen LogP contribution is -2.48. The van der Waals surface area contributed by atoms with Gasteiger partial charge in [0, 0.05) is 46.5 Å². The number of aryl methyl sites for hydroxylation is 1. The van der Waals surface area contributed by atoms with Crippen molar-refractivity contribution in [3.8, 4) is 0 Å². The van der Waals surface area contributed by atoms with Gasteiger partial charge in [0.15, 0.2) is 0 Å². The van der Waals surface area contributed by atoms with Crippen LogP contribution in [0.25, 0.3) is 0 Å². The zero-order valence-corrected chi connectivity index (χ0v) is 22.0. The third-order valence-corrected chi connectivity index (χ3v) is 8.60. The first-order chi connectivity index (χ1) is 15.6. The molecule has 1 aliphatic carbocycles. The molecule has 1 spiro atoms. The predicted molar refractivity (Wildman–Crippen MR) is 134 cm³/mol. The molecule has 5 rings (SSSR count). The van der Waals surface area contributed by atoms with Gasteiger partial charge in [0.1, 0.15) is 17.7 Å². The van der Waals surface area contributed by atoms with Gasteiger partial charge < -0.3 is 14.5 Å². The number of likely N-dealkylation sites (tertiary alicyclic amines) is 1. The average molecular weight is 534 g/mol. The molecular formula is C25H30BrClN4O2. The first-order valence-electron chi connectivity index (χ1n) is 11.7. The molecule has 6 nitrogen and oxygen atoms in total. The number of carbonyl (C=O) groups is 1. The molecule has 1 aromatic heterocycles. The van der Waals surface area contributed by atoms with Crippen molar-refractivity contribution in [1.82, 2.24) is 14.9 Å². The summed E-state index contributed by atoms with van der Waals surface area (Å²) in [6.07, 6.45) is 5.27. The first-order valence-corrected chi connectivity index (χ1v) is 12.8. The molecule has 176 valence electrons. The Hall–Kier alpha value is -1.86. The molecule has 1 fully saturated rings. The minimum Gasteiger partial charge on any atom is -0.444 e. The molecule has 0 radical (unpaired) electrons. The summed E-state index contributed by atoms with van der Waals surface area (Å²) in [5, 5.41) is 0.714. The van der Waals surface area contributed by atoms with Gasteiger partial charge in [-0.2, -0.15) is 0 Å². The summed E-state index contributed by atoms with van der Waals surface area (Å²) >= 11 is 10.4. The maximum absolute atomic E-state index is 12.7. The third-order valence-electron chi connectivity index (χ3n) is 7.24. The lowest BCUT2D eigenvalue weighted by atomic mass is 9.74. The van der Waals surface area contributed by atoms with E-state index >= 15 is 0 Å². The highest BCUT2D eigenvalue weighted by molar-refractivity contribution is 9.10. The van der Waals surface area contributed by atoms with Gasteiger partial charge in [-0.15, -0.1) is 0 Å². The van der Waals surface area contributed by atoms with Crippen LogP contribution < -0.4 is 4.90 Å². The highest BCUT2D eigenvalue weighted by Crippen LogP contribution is 2.54. The number of piperidine rings is 1. The van der Waals surface area contributed by atoms with Crippen LogP contribution in [0.5, 0.6) is 0 Å². The number of halogens is 2. The number of fused-ring (bicyclic) bond motifs is 3. The number of hydrogen-bond acceptors (Lipinski definition) is 5. The highest BCUT2D eigenvalue weighted by atomic mass is 79.9. The molecule has 1 saturated heterocycles. The number of ether oxygens (including phenoxy) is 1. The Labute approximate surface area is 208 Å². The van der Waals surface area contributed by atoms with Crippen molar-refractivity contribution in [2.45, 2.75) is 70.3 Å². The predicted octanol–water partition coefficient (Wildman–Crippen LogP) is 6.36. The normalized spacial score (nSPS) is 21.3. The minimum atomic E-state index is -0.496. The van der Waals surface area contributed by atoms with Crippen molar-refractivity contribution < 1.29 is 9.53 Å². The topological polar surface area (TPSA) is 58.6 Å². The van der Waals surface area contributed by atoms with Crippen molar-refractivity contribution in [2.75, 3.05) is 24.5 Å². The summed E-state index contributed by atoms with van der Waals surface area (Å²) in [6.45, 7) is 10.1. The fourth-order valence-electron chi connectivity index (χ4n) is 5.62. The maximum atomic E-state index is 12.7. The molecule has 2 aromatic rings. The van der Waals surface area contributed by atoms with Gasteiger partial charge in [-0.05, 0) is 86.0 Å². The summed E-state index contributed by atoms with van der Waals surface area (Å²) in [4.78, 5) is 26.2. The van der Waals surface area contributed by atoms with Gasteiger partial charge in [0.05, 0.1) is 5.02 Å². The second kappa shape index (κ2) is 8.12. The van der Waals surface area contributed by atoms with E-state index in [0.29, 0.717) is 24.0 Å². The lowest BCUT2D eigenvalue weighted by molar-refractivity contribution is 0.0170. The Bertz CT molecular complexity index is 1110. The van der Waals surface area contributed by atoms with Gasteiger partial charge in [-0.1, -0.05) is 18.5 Å². The number of anilines is 2. The molecule has 3 heterocycles. The van der Waals surface area contributed by atoms with Crippen LogP contribution >= 0.6 is 27.5 Å². The number of benzene rings is 1. The van der Waals surface area contributed by atoms with Crippen LogP contribution in [0.2, 0.25) is 5.02 Å². The molecule has 1 aromatic carbocycles. The Balaban J connectivity index is 1.50. The van der Waals surface area contributed by atoms with E-state index in [4.69, 9.17) is 21.3 Å². The highest BCUT2D eigenvalue weighted by Gasteiger charge is 2.48. The molecule has 33 heavy (non-hydrogen) atoms. The summed E-state index contributed by atoms with van der Waals surface area (Å²) < 4.78 is 6.57. The van der Waals surface area contributed by atoms with Gasteiger partial charge in [-0.25, -0.2) is 14.8 Å². The largest absolute Gasteiger partial charge is 0.444 e. The fraction of sp³-hybridized carbons (Fsp3) is 0.560. The van der Waals surface area contributed by atoms with Crippen LogP contribution in [0.15, 0.2) is 22.9 Å². The molecular weight excluding hydrogens is 504 g/mol. The third kappa shape index (κ3) is 3.91. The van der Waals surface area contributed by atoms with Gasteiger partial charge >= 0.3 is 6.09 Å². The standard InChI is InChI=1S/C25H30BrClN4O2/c1-15-5-7-17-19(15)22(29-14-28-17)31-13-25(20-18(31)8-6-16(27)21(20)26)9-11-30(12-10-25)23(32)33-24(2,3)4/h6,8,14-15H,5,7,9-13H2,1-4H3/t15-/m1/s1. The molecule has 2 aliphatic heterocycles. The van der Waals surface area contributed by atoms with Crippen LogP contribution in [-0.2, 0) is 16.6 Å². The molecule has 0 unspecified atom stereocenters. The monoisotopic (exact) mass is 532 g/mol. The number of hydrogen-bond donors (Lipinski definition) is 0. The quantitative estimate of drug-likeness (QED) is 0.427. The van der Waals surface area contributed by atoms with Crippen molar-refractivity contribution in [3.05, 3.63) is 44.8 Å². The van der Waals surface area contributed by atoms with Crippen LogP contribution in [0, 0.1) is 0 Å². The Morgan fingerprint density at radius 3 is 2.67 bits per heavy atom. The van der Waals surface area contributed by atoms with E-state index in [1.165, 1.54) is 16.8 Å². The number of rotatable bonds is 1. The molecule has 0 bridgehead atoms. The Morgan fingerprint density at radius 1 is 1.24 bits per heavy atom. The van der Waals surface area contributed by atoms with E-state index in [1.54, 1.807) is 6.33 Å². The van der Waals surface area contributed by atoms with Crippen molar-refractivity contribution in [3.63, 3.8) is 0 Å². The second-order valence-corrected chi connectivity index (χ2v) is 11.8.